The molecule has 0 amide bonds. The fourth-order valence-electron chi connectivity index (χ4n) is 1.58. The van der Waals surface area contributed by atoms with Crippen LogP contribution in [0.3, 0.4) is 0 Å². The minimum absolute atomic E-state index is 0.192. The highest BCUT2D eigenvalue weighted by atomic mass is 19.1. The monoisotopic (exact) mass is 258 g/mol. The lowest BCUT2D eigenvalue weighted by atomic mass is 10.1. The minimum Gasteiger partial charge on any atom is -0.505 e. The predicted octanol–water partition coefficient (Wildman–Crippen LogP) is 3.13. The number of phenolic OH excluding ortho intramolecular Hbond substituents is 2. The number of hydrogen-bond donors (Lipinski definition) is 2. The van der Waals surface area contributed by atoms with Gasteiger partial charge in [0.15, 0.2) is 17.3 Å². The van der Waals surface area contributed by atoms with E-state index in [0.717, 1.165) is 11.6 Å². The molecular formula is C15H11FO3. The normalized spacial score (nSPS) is 10.8. The predicted molar refractivity (Wildman–Crippen MR) is 69.5 cm³/mol. The van der Waals surface area contributed by atoms with E-state index in [9.17, 15) is 14.3 Å². The Morgan fingerprint density at radius 2 is 1.74 bits per heavy atom. The van der Waals surface area contributed by atoms with Gasteiger partial charge in [-0.05, 0) is 23.8 Å². The number of halogens is 1. The van der Waals surface area contributed by atoms with E-state index in [0.29, 0.717) is 0 Å². The van der Waals surface area contributed by atoms with Crippen LogP contribution in [0.15, 0.2) is 48.5 Å². The van der Waals surface area contributed by atoms with Crippen LogP contribution in [0.25, 0.3) is 6.08 Å². The molecule has 0 spiro atoms. The van der Waals surface area contributed by atoms with Gasteiger partial charge in [0.25, 0.3) is 0 Å². The third kappa shape index (κ3) is 2.80. The number of rotatable bonds is 3. The van der Waals surface area contributed by atoms with Crippen LogP contribution in [0.5, 0.6) is 11.5 Å². The van der Waals surface area contributed by atoms with Crippen LogP contribution in [-0.4, -0.2) is 16.0 Å². The second-order valence-electron chi connectivity index (χ2n) is 3.90. The summed E-state index contributed by atoms with van der Waals surface area (Å²) >= 11 is 0. The third-order valence-electron chi connectivity index (χ3n) is 2.59. The summed E-state index contributed by atoms with van der Waals surface area (Å²) in [5.74, 6) is -3.27. The maximum absolute atomic E-state index is 13.2. The Bertz CT molecular complexity index is 633. The summed E-state index contributed by atoms with van der Waals surface area (Å²) in [6.45, 7) is 0. The van der Waals surface area contributed by atoms with E-state index in [4.69, 9.17) is 5.11 Å². The van der Waals surface area contributed by atoms with E-state index in [1.807, 2.05) is 18.2 Å². The average molecular weight is 258 g/mol. The Labute approximate surface area is 109 Å². The summed E-state index contributed by atoms with van der Waals surface area (Å²) in [6, 6.07) is 11.3. The minimum atomic E-state index is -1.20. The molecule has 0 radical (unpaired) electrons. The molecular weight excluding hydrogens is 247 g/mol. The van der Waals surface area contributed by atoms with Crippen molar-refractivity contribution in [2.24, 2.45) is 0 Å². The van der Waals surface area contributed by atoms with Crippen molar-refractivity contribution in [1.82, 2.24) is 0 Å². The number of aromatic hydroxyl groups is 2. The molecule has 4 heteroatoms. The van der Waals surface area contributed by atoms with Gasteiger partial charge in [0.05, 0.1) is 5.56 Å². The van der Waals surface area contributed by atoms with Gasteiger partial charge >= 0.3 is 0 Å². The molecule has 96 valence electrons. The van der Waals surface area contributed by atoms with E-state index in [-0.39, 0.29) is 5.56 Å². The number of hydrogen-bond acceptors (Lipinski definition) is 3. The number of phenols is 2. The standard InChI is InChI=1S/C15H11FO3/c16-14-13(18)9-7-11(15(14)19)12(17)8-6-10-4-2-1-3-5-10/h1-9,18-19H/b8-6+. The van der Waals surface area contributed by atoms with Crippen molar-refractivity contribution in [2.45, 2.75) is 0 Å². The highest BCUT2D eigenvalue weighted by Gasteiger charge is 2.15. The van der Waals surface area contributed by atoms with Gasteiger partial charge < -0.3 is 10.2 Å². The molecule has 0 heterocycles. The first-order valence-corrected chi connectivity index (χ1v) is 5.57. The molecule has 2 rings (SSSR count). The summed E-state index contributed by atoms with van der Waals surface area (Å²) in [5, 5.41) is 18.5. The Balaban J connectivity index is 2.26. The molecule has 19 heavy (non-hydrogen) atoms. The smallest absolute Gasteiger partial charge is 0.207 e. The van der Waals surface area contributed by atoms with Crippen LogP contribution < -0.4 is 0 Å². The second-order valence-corrected chi connectivity index (χ2v) is 3.90. The van der Waals surface area contributed by atoms with Gasteiger partial charge in [-0.25, -0.2) is 0 Å². The molecule has 3 nitrogen and oxygen atoms in total. The second kappa shape index (κ2) is 5.35. The Kier molecular flexibility index (Phi) is 3.61. The number of ketones is 1. The number of carbonyl (C=O) groups excluding carboxylic acids is 1. The van der Waals surface area contributed by atoms with Crippen molar-refractivity contribution in [3.63, 3.8) is 0 Å². The largest absolute Gasteiger partial charge is 0.505 e. The van der Waals surface area contributed by atoms with Gasteiger partial charge in [-0.3, -0.25) is 4.79 Å². The molecule has 0 bridgehead atoms. The molecule has 0 unspecified atom stereocenters. The fraction of sp³-hybridized carbons (Fsp3) is 0. The lowest BCUT2D eigenvalue weighted by molar-refractivity contribution is 0.104. The molecule has 0 aliphatic heterocycles. The molecule has 0 fully saturated rings. The van der Waals surface area contributed by atoms with Gasteiger partial charge in [-0.15, -0.1) is 0 Å². The van der Waals surface area contributed by atoms with Crippen molar-refractivity contribution >= 4 is 11.9 Å². The third-order valence-corrected chi connectivity index (χ3v) is 2.59. The van der Waals surface area contributed by atoms with Crippen molar-refractivity contribution in [3.8, 4) is 11.5 Å². The molecule has 0 atom stereocenters. The van der Waals surface area contributed by atoms with Gasteiger partial charge in [0, 0.05) is 0 Å². The fourth-order valence-corrected chi connectivity index (χ4v) is 1.58. The zero-order valence-electron chi connectivity index (χ0n) is 9.88. The molecule has 2 aromatic carbocycles. The van der Waals surface area contributed by atoms with Crippen LogP contribution in [-0.2, 0) is 0 Å². The maximum Gasteiger partial charge on any atom is 0.207 e. The first kappa shape index (κ1) is 12.8. The van der Waals surface area contributed by atoms with Crippen LogP contribution in [0.2, 0.25) is 0 Å². The summed E-state index contributed by atoms with van der Waals surface area (Å²) < 4.78 is 13.2. The van der Waals surface area contributed by atoms with Crippen molar-refractivity contribution in [2.75, 3.05) is 0 Å². The lowest BCUT2D eigenvalue weighted by Gasteiger charge is -2.03. The number of allylic oxidation sites excluding steroid dienone is 1. The highest BCUT2D eigenvalue weighted by Crippen LogP contribution is 2.28. The van der Waals surface area contributed by atoms with Crippen molar-refractivity contribution in [1.29, 1.82) is 0 Å². The van der Waals surface area contributed by atoms with Crippen LogP contribution >= 0.6 is 0 Å². The van der Waals surface area contributed by atoms with Gasteiger partial charge in [-0.1, -0.05) is 36.4 Å². The Morgan fingerprint density at radius 3 is 2.42 bits per heavy atom. The molecule has 2 N–H and O–H groups in total. The van der Waals surface area contributed by atoms with E-state index >= 15 is 0 Å². The van der Waals surface area contributed by atoms with E-state index in [2.05, 4.69) is 0 Å². The molecule has 0 aromatic heterocycles. The van der Waals surface area contributed by atoms with Crippen LogP contribution in [0.1, 0.15) is 15.9 Å². The summed E-state index contributed by atoms with van der Waals surface area (Å²) in [4.78, 5) is 11.8. The zero-order valence-corrected chi connectivity index (χ0v) is 9.88. The lowest BCUT2D eigenvalue weighted by Crippen LogP contribution is -1.96. The highest BCUT2D eigenvalue weighted by molar-refractivity contribution is 6.08. The Morgan fingerprint density at radius 1 is 1.05 bits per heavy atom. The van der Waals surface area contributed by atoms with Crippen LogP contribution in [0, 0.1) is 5.82 Å². The first-order valence-electron chi connectivity index (χ1n) is 5.57. The molecule has 0 saturated heterocycles. The van der Waals surface area contributed by atoms with Gasteiger partial charge in [0.1, 0.15) is 0 Å². The van der Waals surface area contributed by atoms with Crippen LogP contribution in [0.4, 0.5) is 4.39 Å². The number of carbonyl (C=O) groups is 1. The zero-order chi connectivity index (χ0) is 13.8. The quantitative estimate of drug-likeness (QED) is 0.657. The van der Waals surface area contributed by atoms with E-state index in [1.165, 1.54) is 12.1 Å². The average Bonchev–Trinajstić information content (AvgIpc) is 2.43. The SMILES string of the molecule is O=C(/C=C/c1ccccc1)c1ccc(O)c(F)c1O. The summed E-state index contributed by atoms with van der Waals surface area (Å²) in [6.07, 6.45) is 2.80. The van der Waals surface area contributed by atoms with E-state index in [1.54, 1.807) is 18.2 Å². The topological polar surface area (TPSA) is 57.5 Å². The van der Waals surface area contributed by atoms with Gasteiger partial charge in [0.2, 0.25) is 5.82 Å². The van der Waals surface area contributed by atoms with E-state index < -0.39 is 23.1 Å². The van der Waals surface area contributed by atoms with Crippen molar-refractivity contribution in [3.05, 3.63) is 65.5 Å². The molecule has 0 aliphatic carbocycles. The van der Waals surface area contributed by atoms with Gasteiger partial charge in [-0.2, -0.15) is 4.39 Å². The molecule has 0 saturated carbocycles. The number of benzene rings is 2. The first-order chi connectivity index (χ1) is 9.09. The Hall–Kier alpha value is -2.62. The maximum atomic E-state index is 13.2. The summed E-state index contributed by atoms with van der Waals surface area (Å²) in [7, 11) is 0. The summed E-state index contributed by atoms with van der Waals surface area (Å²) in [5.41, 5.74) is 0.622. The van der Waals surface area contributed by atoms with Crippen molar-refractivity contribution < 1.29 is 19.4 Å². The molecule has 2 aromatic rings. The molecule has 0 aliphatic rings.